The quantitative estimate of drug-likeness (QED) is 0.461. The molecule has 1 saturated heterocycles. The molecule has 0 bridgehead atoms. The van der Waals surface area contributed by atoms with Crippen LogP contribution in [0.1, 0.15) is 42.1 Å². The number of nitrogens with zero attached hydrogens (tertiary/aromatic N) is 4. The third-order valence-electron chi connectivity index (χ3n) is 6.80. The van der Waals surface area contributed by atoms with Gasteiger partial charge in [-0.25, -0.2) is 13.4 Å². The number of methoxy groups -OCH3 is 1. The van der Waals surface area contributed by atoms with Crippen molar-refractivity contribution in [3.8, 4) is 0 Å². The predicted molar refractivity (Wildman–Crippen MR) is 141 cm³/mol. The largest absolute Gasteiger partial charge is 0.469 e. The molecule has 0 radical (unpaired) electrons. The molecule has 0 amide bonds. The zero-order chi connectivity index (χ0) is 26.0. The first-order valence-corrected chi connectivity index (χ1v) is 14.3. The van der Waals surface area contributed by atoms with Crippen molar-refractivity contribution in [2.24, 2.45) is 0 Å². The second-order valence-corrected chi connectivity index (χ2v) is 11.8. The topological polar surface area (TPSA) is 114 Å². The van der Waals surface area contributed by atoms with Crippen LogP contribution in [-0.4, -0.2) is 55.3 Å². The lowest BCUT2D eigenvalue weighted by molar-refractivity contribution is -0.139. The average molecular weight is 542 g/mol. The van der Waals surface area contributed by atoms with E-state index in [0.29, 0.717) is 46.9 Å². The number of aromatic nitrogens is 3. The van der Waals surface area contributed by atoms with Gasteiger partial charge >= 0.3 is 5.97 Å². The molecule has 37 heavy (non-hydrogen) atoms. The Morgan fingerprint density at radius 3 is 2.57 bits per heavy atom. The van der Waals surface area contributed by atoms with E-state index in [2.05, 4.69) is 15.2 Å². The molecule has 5 rings (SSSR count). The summed E-state index contributed by atoms with van der Waals surface area (Å²) in [6.07, 6.45) is 4.74. The van der Waals surface area contributed by atoms with E-state index in [1.807, 2.05) is 12.1 Å². The fraction of sp³-hybridized carbons (Fsp3) is 0.385. The maximum atomic E-state index is 13.0. The van der Waals surface area contributed by atoms with Crippen molar-refractivity contribution in [1.29, 1.82) is 0 Å². The lowest BCUT2D eigenvalue weighted by Gasteiger charge is -2.32. The molecule has 0 unspecified atom stereocenters. The van der Waals surface area contributed by atoms with Crippen LogP contribution in [0.5, 0.6) is 0 Å². The van der Waals surface area contributed by atoms with Crippen LogP contribution < -0.4 is 10.2 Å². The molecule has 0 saturated carbocycles. The first-order chi connectivity index (χ1) is 17.8. The van der Waals surface area contributed by atoms with E-state index in [0.717, 1.165) is 37.2 Å². The predicted octanol–water partition coefficient (Wildman–Crippen LogP) is 4.09. The van der Waals surface area contributed by atoms with Crippen LogP contribution in [0.2, 0.25) is 5.02 Å². The highest BCUT2D eigenvalue weighted by molar-refractivity contribution is 7.91. The van der Waals surface area contributed by atoms with E-state index in [1.165, 1.54) is 7.11 Å². The first kappa shape index (κ1) is 25.4. The van der Waals surface area contributed by atoms with Crippen molar-refractivity contribution in [2.45, 2.75) is 42.9 Å². The average Bonchev–Trinajstić information content (AvgIpc) is 2.90. The van der Waals surface area contributed by atoms with E-state index >= 15 is 0 Å². The summed E-state index contributed by atoms with van der Waals surface area (Å²) < 4.78 is 30.7. The van der Waals surface area contributed by atoms with Gasteiger partial charge in [0, 0.05) is 36.6 Å². The van der Waals surface area contributed by atoms with E-state index < -0.39 is 9.84 Å². The van der Waals surface area contributed by atoms with E-state index in [-0.39, 0.29) is 23.0 Å². The van der Waals surface area contributed by atoms with Gasteiger partial charge in [0.25, 0.3) is 0 Å². The minimum atomic E-state index is -3.50. The van der Waals surface area contributed by atoms with Gasteiger partial charge in [0.15, 0.2) is 15.7 Å². The number of ether oxygens (including phenoxy) is 1. The number of hydrogen-bond donors (Lipinski definition) is 1. The number of carbonyl (C=O) groups excluding carboxylic acids is 1. The fourth-order valence-electron chi connectivity index (χ4n) is 4.82. The Hall–Kier alpha value is -3.24. The van der Waals surface area contributed by atoms with Gasteiger partial charge in [0.1, 0.15) is 4.90 Å². The van der Waals surface area contributed by atoms with Gasteiger partial charge < -0.3 is 15.0 Å². The number of pyridine rings is 1. The number of carbonyl (C=O) groups is 1. The maximum Gasteiger partial charge on any atom is 0.309 e. The summed E-state index contributed by atoms with van der Waals surface area (Å²) in [5.74, 6) is 0.907. The fourth-order valence-corrected chi connectivity index (χ4v) is 6.56. The monoisotopic (exact) mass is 541 g/mol. The molecule has 4 heterocycles. The van der Waals surface area contributed by atoms with Gasteiger partial charge in [-0.3, -0.25) is 9.78 Å². The number of piperidine rings is 1. The van der Waals surface area contributed by atoms with Gasteiger partial charge in [-0.15, -0.1) is 0 Å². The Morgan fingerprint density at radius 1 is 1.14 bits per heavy atom. The number of aryl methyl sites for hydroxylation is 1. The highest BCUT2D eigenvalue weighted by atomic mass is 35.5. The van der Waals surface area contributed by atoms with Gasteiger partial charge in [-0.2, -0.15) is 4.98 Å². The van der Waals surface area contributed by atoms with Crippen LogP contribution in [0, 0.1) is 0 Å². The van der Waals surface area contributed by atoms with Crippen molar-refractivity contribution in [3.05, 3.63) is 64.6 Å². The van der Waals surface area contributed by atoms with Crippen molar-refractivity contribution in [2.75, 3.05) is 36.2 Å². The van der Waals surface area contributed by atoms with Gasteiger partial charge in [0.2, 0.25) is 5.95 Å². The second-order valence-electron chi connectivity index (χ2n) is 9.31. The SMILES string of the molecule is COC(=O)Cc1ccc(Nc2nc(N3CCC(c4ccc(Cl)cn4)CC3)nc3c2S(=O)(=O)CCC3)cc1. The third kappa shape index (κ3) is 5.70. The number of nitrogens with one attached hydrogen (secondary N) is 1. The minimum absolute atomic E-state index is 0.0783. The second kappa shape index (κ2) is 10.6. The number of benzene rings is 1. The number of anilines is 3. The lowest BCUT2D eigenvalue weighted by atomic mass is 9.93. The Labute approximate surface area is 221 Å². The molecule has 3 aromatic rings. The molecular weight excluding hydrogens is 514 g/mol. The number of sulfone groups is 1. The van der Waals surface area contributed by atoms with Crippen molar-refractivity contribution >= 4 is 44.9 Å². The smallest absolute Gasteiger partial charge is 0.309 e. The Balaban J connectivity index is 1.39. The summed E-state index contributed by atoms with van der Waals surface area (Å²) in [7, 11) is -2.15. The Bertz CT molecular complexity index is 1390. The van der Waals surface area contributed by atoms with Crippen LogP contribution in [-0.2, 0) is 32.2 Å². The van der Waals surface area contributed by atoms with Crippen LogP contribution in [0.3, 0.4) is 0 Å². The van der Waals surface area contributed by atoms with E-state index in [9.17, 15) is 13.2 Å². The van der Waals surface area contributed by atoms with Crippen LogP contribution in [0.15, 0.2) is 47.5 Å². The summed E-state index contributed by atoms with van der Waals surface area (Å²) in [4.78, 5) is 27.7. The molecule has 2 aromatic heterocycles. The summed E-state index contributed by atoms with van der Waals surface area (Å²) in [5.41, 5.74) is 3.06. The number of fused-ring (bicyclic) bond motifs is 1. The van der Waals surface area contributed by atoms with Crippen molar-refractivity contribution < 1.29 is 17.9 Å². The molecule has 2 aliphatic rings. The number of esters is 1. The van der Waals surface area contributed by atoms with Crippen LogP contribution >= 0.6 is 11.6 Å². The molecule has 1 aromatic carbocycles. The molecule has 0 atom stereocenters. The minimum Gasteiger partial charge on any atom is -0.469 e. The lowest BCUT2D eigenvalue weighted by Crippen LogP contribution is -2.35. The molecule has 2 aliphatic heterocycles. The van der Waals surface area contributed by atoms with Crippen LogP contribution in [0.4, 0.5) is 17.5 Å². The van der Waals surface area contributed by atoms with Gasteiger partial charge in [-0.05, 0) is 55.5 Å². The molecule has 0 aliphatic carbocycles. The maximum absolute atomic E-state index is 13.0. The first-order valence-electron chi connectivity index (χ1n) is 12.3. The van der Waals surface area contributed by atoms with Gasteiger partial charge in [0.05, 0.1) is 30.0 Å². The number of hydrogen-bond acceptors (Lipinski definition) is 9. The summed E-state index contributed by atoms with van der Waals surface area (Å²) in [6.45, 7) is 1.48. The van der Waals surface area contributed by atoms with Gasteiger partial charge in [-0.1, -0.05) is 23.7 Å². The molecular formula is C26H28ClN5O4S. The highest BCUT2D eigenvalue weighted by Gasteiger charge is 2.32. The molecule has 1 N–H and O–H groups in total. The molecule has 11 heteroatoms. The zero-order valence-electron chi connectivity index (χ0n) is 20.5. The molecule has 9 nitrogen and oxygen atoms in total. The Kier molecular flexibility index (Phi) is 7.30. The van der Waals surface area contributed by atoms with E-state index in [1.54, 1.807) is 30.5 Å². The Morgan fingerprint density at radius 2 is 1.89 bits per heavy atom. The third-order valence-corrected chi connectivity index (χ3v) is 8.90. The summed E-state index contributed by atoms with van der Waals surface area (Å²) in [5, 5.41) is 3.83. The molecule has 0 spiro atoms. The number of rotatable bonds is 6. The highest BCUT2D eigenvalue weighted by Crippen LogP contribution is 2.35. The summed E-state index contributed by atoms with van der Waals surface area (Å²) in [6, 6.07) is 11.0. The van der Waals surface area contributed by atoms with Crippen molar-refractivity contribution in [1.82, 2.24) is 15.0 Å². The normalized spacial score (nSPS) is 17.2. The van der Waals surface area contributed by atoms with E-state index in [4.69, 9.17) is 26.3 Å². The molecule has 1 fully saturated rings. The molecule has 194 valence electrons. The van der Waals surface area contributed by atoms with Crippen molar-refractivity contribution in [3.63, 3.8) is 0 Å². The standard InChI is InChI=1S/C26H28ClN5O4S/c1-36-23(33)15-17-4-7-20(8-5-17)29-25-24-22(3-2-14-37(24,34)35)30-26(31-25)32-12-10-18(11-13-32)21-9-6-19(27)16-28-21/h4-9,16,18H,2-3,10-15H2,1H3,(H,29,30,31). The number of halogens is 1. The van der Waals surface area contributed by atoms with Crippen LogP contribution in [0.25, 0.3) is 0 Å². The summed E-state index contributed by atoms with van der Waals surface area (Å²) >= 11 is 5.98. The zero-order valence-corrected chi connectivity index (χ0v) is 22.1.